The van der Waals surface area contributed by atoms with Crippen LogP contribution in [-0.2, 0) is 14.8 Å². The Labute approximate surface area is 175 Å². The van der Waals surface area contributed by atoms with Gasteiger partial charge >= 0.3 is 0 Å². The van der Waals surface area contributed by atoms with Crippen molar-refractivity contribution >= 4 is 15.9 Å². The number of benzene rings is 1. The lowest BCUT2D eigenvalue weighted by atomic mass is 9.94. The minimum absolute atomic E-state index is 0.111. The Morgan fingerprint density at radius 3 is 2.45 bits per heavy atom. The zero-order chi connectivity index (χ0) is 21.2. The molecule has 2 aliphatic heterocycles. The fourth-order valence-corrected chi connectivity index (χ4v) is 5.96. The molecule has 2 fully saturated rings. The number of carbonyl (C=O) groups is 1. The Hall–Kier alpha value is -1.60. The maximum absolute atomic E-state index is 13.5. The van der Waals surface area contributed by atoms with Gasteiger partial charge in [-0.05, 0) is 55.2 Å². The van der Waals surface area contributed by atoms with E-state index in [-0.39, 0.29) is 29.2 Å². The summed E-state index contributed by atoms with van der Waals surface area (Å²) in [5, 5.41) is 0. The molecular formula is C22H34N2O4S. The van der Waals surface area contributed by atoms with Crippen LogP contribution in [0.3, 0.4) is 0 Å². The average Bonchev–Trinajstić information content (AvgIpc) is 2.73. The summed E-state index contributed by atoms with van der Waals surface area (Å²) in [5.74, 6) is 1.08. The van der Waals surface area contributed by atoms with E-state index in [4.69, 9.17) is 4.74 Å². The summed E-state index contributed by atoms with van der Waals surface area (Å²) in [6.07, 6.45) is 3.51. The normalized spacial score (nSPS) is 22.1. The second-order valence-electron chi connectivity index (χ2n) is 8.78. The van der Waals surface area contributed by atoms with Crippen molar-refractivity contribution in [3.63, 3.8) is 0 Å². The van der Waals surface area contributed by atoms with E-state index < -0.39 is 10.0 Å². The Morgan fingerprint density at radius 1 is 1.14 bits per heavy atom. The van der Waals surface area contributed by atoms with Crippen molar-refractivity contribution in [2.75, 3.05) is 33.3 Å². The minimum atomic E-state index is -3.73. The number of hydrogen-bond donors (Lipinski definition) is 0. The van der Waals surface area contributed by atoms with E-state index in [2.05, 4.69) is 6.92 Å². The molecule has 1 amide bonds. The van der Waals surface area contributed by atoms with Crippen LogP contribution in [0.4, 0.5) is 0 Å². The summed E-state index contributed by atoms with van der Waals surface area (Å²) in [6, 6.07) is 5.35. The first kappa shape index (κ1) is 22.1. The van der Waals surface area contributed by atoms with Gasteiger partial charge in [-0.3, -0.25) is 4.79 Å². The maximum Gasteiger partial charge on any atom is 0.246 e. The molecule has 0 unspecified atom stereocenters. The van der Waals surface area contributed by atoms with Gasteiger partial charge in [0.1, 0.15) is 10.6 Å². The van der Waals surface area contributed by atoms with E-state index in [1.165, 1.54) is 11.4 Å². The van der Waals surface area contributed by atoms with Crippen LogP contribution in [0.1, 0.15) is 57.9 Å². The van der Waals surface area contributed by atoms with Crippen LogP contribution < -0.4 is 4.74 Å². The monoisotopic (exact) mass is 422 g/mol. The number of hydrogen-bond acceptors (Lipinski definition) is 4. The van der Waals surface area contributed by atoms with Gasteiger partial charge < -0.3 is 9.64 Å². The second-order valence-corrected chi connectivity index (χ2v) is 10.7. The third kappa shape index (κ3) is 4.77. The molecule has 0 bridgehead atoms. The molecule has 1 aromatic rings. The molecule has 0 radical (unpaired) electrons. The minimum Gasteiger partial charge on any atom is -0.495 e. The van der Waals surface area contributed by atoms with E-state index in [0.29, 0.717) is 24.6 Å². The van der Waals surface area contributed by atoms with Crippen LogP contribution in [0.15, 0.2) is 23.1 Å². The average molecular weight is 423 g/mol. The highest BCUT2D eigenvalue weighted by Gasteiger charge is 2.37. The number of carbonyl (C=O) groups excluding carboxylic acids is 1. The van der Waals surface area contributed by atoms with Crippen molar-refractivity contribution in [3.05, 3.63) is 23.8 Å². The van der Waals surface area contributed by atoms with E-state index in [9.17, 15) is 13.2 Å². The molecule has 2 aliphatic rings. The van der Waals surface area contributed by atoms with E-state index >= 15 is 0 Å². The number of rotatable bonds is 5. The van der Waals surface area contributed by atoms with Crippen molar-refractivity contribution in [1.29, 1.82) is 0 Å². The van der Waals surface area contributed by atoms with Gasteiger partial charge in [0, 0.05) is 26.2 Å². The van der Waals surface area contributed by atoms with Crippen LogP contribution in [0, 0.1) is 11.8 Å². The number of piperidine rings is 2. The summed E-state index contributed by atoms with van der Waals surface area (Å²) in [4.78, 5) is 15.1. The Balaban J connectivity index is 1.81. The fourth-order valence-electron chi connectivity index (χ4n) is 4.24. The van der Waals surface area contributed by atoms with Crippen LogP contribution in [0.2, 0.25) is 0 Å². The molecule has 2 heterocycles. The third-order valence-electron chi connectivity index (χ3n) is 6.30. The molecule has 0 aliphatic carbocycles. The summed E-state index contributed by atoms with van der Waals surface area (Å²) >= 11 is 0. The predicted molar refractivity (Wildman–Crippen MR) is 114 cm³/mol. The smallest absolute Gasteiger partial charge is 0.246 e. The SMILES string of the molecule is COc1ccc(C(C)C)cc1S(=O)(=O)N1CCC[C@@H](C(=O)N2CCC(C)CC2)C1. The standard InChI is InChI=1S/C22H34N2O4S/c1-16(2)18-7-8-20(28-4)21(14-18)29(26,27)24-11-5-6-19(15-24)22(25)23-12-9-17(3)10-13-23/h7-8,14,16-17,19H,5-6,9-13,15H2,1-4H3/t19-/m1/s1. The van der Waals surface area contributed by atoms with Crippen molar-refractivity contribution in [2.45, 2.75) is 57.3 Å². The van der Waals surface area contributed by atoms with Crippen LogP contribution in [-0.4, -0.2) is 56.8 Å². The molecule has 0 spiro atoms. The lowest BCUT2D eigenvalue weighted by Gasteiger charge is -2.37. The Bertz CT molecular complexity index is 829. The Kier molecular flexibility index (Phi) is 6.89. The zero-order valence-corrected chi connectivity index (χ0v) is 18.9. The molecule has 3 rings (SSSR count). The van der Waals surface area contributed by atoms with Crippen molar-refractivity contribution < 1.29 is 17.9 Å². The predicted octanol–water partition coefficient (Wildman–Crippen LogP) is 3.48. The molecule has 0 saturated carbocycles. The van der Waals surface area contributed by atoms with Crippen molar-refractivity contribution in [3.8, 4) is 5.75 Å². The summed E-state index contributed by atoms with van der Waals surface area (Å²) in [5.41, 5.74) is 0.955. The first-order chi connectivity index (χ1) is 13.7. The molecule has 0 aromatic heterocycles. The van der Waals surface area contributed by atoms with E-state index in [1.807, 2.05) is 24.8 Å². The van der Waals surface area contributed by atoms with Crippen LogP contribution >= 0.6 is 0 Å². The molecule has 7 heteroatoms. The van der Waals surface area contributed by atoms with Gasteiger partial charge in [0.05, 0.1) is 13.0 Å². The van der Waals surface area contributed by atoms with E-state index in [1.54, 1.807) is 12.1 Å². The first-order valence-corrected chi connectivity index (χ1v) is 12.1. The molecule has 6 nitrogen and oxygen atoms in total. The topological polar surface area (TPSA) is 66.9 Å². The molecule has 1 atom stereocenters. The highest BCUT2D eigenvalue weighted by atomic mass is 32.2. The molecule has 1 aromatic carbocycles. The van der Waals surface area contributed by atoms with Gasteiger partial charge in [0.15, 0.2) is 0 Å². The maximum atomic E-state index is 13.5. The van der Waals surface area contributed by atoms with E-state index in [0.717, 1.165) is 37.9 Å². The fraction of sp³-hybridized carbons (Fsp3) is 0.682. The van der Waals surface area contributed by atoms with Gasteiger partial charge in [-0.2, -0.15) is 4.31 Å². The molecule has 2 saturated heterocycles. The third-order valence-corrected chi connectivity index (χ3v) is 8.19. The zero-order valence-electron chi connectivity index (χ0n) is 18.1. The first-order valence-electron chi connectivity index (χ1n) is 10.7. The number of likely N-dealkylation sites (tertiary alicyclic amines) is 1. The molecule has 29 heavy (non-hydrogen) atoms. The van der Waals surface area contributed by atoms with Gasteiger partial charge in [-0.25, -0.2) is 8.42 Å². The summed E-state index contributed by atoms with van der Waals surface area (Å²) in [6.45, 7) is 8.55. The summed E-state index contributed by atoms with van der Waals surface area (Å²) < 4.78 is 33.7. The van der Waals surface area contributed by atoms with Gasteiger partial charge in [0.2, 0.25) is 15.9 Å². The lowest BCUT2D eigenvalue weighted by Crippen LogP contribution is -2.48. The van der Waals surface area contributed by atoms with Gasteiger partial charge in [-0.1, -0.05) is 26.8 Å². The van der Waals surface area contributed by atoms with Crippen molar-refractivity contribution in [2.24, 2.45) is 11.8 Å². The van der Waals surface area contributed by atoms with Gasteiger partial charge in [-0.15, -0.1) is 0 Å². The number of amides is 1. The number of methoxy groups -OCH3 is 1. The largest absolute Gasteiger partial charge is 0.495 e. The highest BCUT2D eigenvalue weighted by Crippen LogP contribution is 2.33. The lowest BCUT2D eigenvalue weighted by molar-refractivity contribution is -0.138. The van der Waals surface area contributed by atoms with Crippen LogP contribution in [0.25, 0.3) is 0 Å². The summed E-state index contributed by atoms with van der Waals surface area (Å²) in [7, 11) is -2.24. The highest BCUT2D eigenvalue weighted by molar-refractivity contribution is 7.89. The number of ether oxygens (including phenoxy) is 1. The molecule has 162 valence electrons. The Morgan fingerprint density at radius 2 is 1.83 bits per heavy atom. The van der Waals surface area contributed by atoms with Crippen molar-refractivity contribution in [1.82, 2.24) is 9.21 Å². The quantitative estimate of drug-likeness (QED) is 0.729. The number of nitrogens with zero attached hydrogens (tertiary/aromatic N) is 2. The number of sulfonamides is 1. The molecular weight excluding hydrogens is 388 g/mol. The molecule has 0 N–H and O–H groups in total. The second kappa shape index (κ2) is 9.04. The van der Waals surface area contributed by atoms with Gasteiger partial charge in [0.25, 0.3) is 0 Å². The van der Waals surface area contributed by atoms with Crippen LogP contribution in [0.5, 0.6) is 5.75 Å².